The van der Waals surface area contributed by atoms with Crippen molar-refractivity contribution in [2.75, 3.05) is 20.8 Å². The fraction of sp³-hybridized carbons (Fsp3) is 0.571. The summed E-state index contributed by atoms with van der Waals surface area (Å²) in [5.74, 6) is 1.35. The fourth-order valence-corrected chi connectivity index (χ4v) is 3.43. The molecule has 3 nitrogen and oxygen atoms in total. The highest BCUT2D eigenvalue weighted by molar-refractivity contribution is 9.11. The zero-order chi connectivity index (χ0) is 14.4. The largest absolute Gasteiger partial charge is 0.494 e. The lowest BCUT2D eigenvalue weighted by Gasteiger charge is -2.22. The second-order valence-corrected chi connectivity index (χ2v) is 6.49. The summed E-state index contributed by atoms with van der Waals surface area (Å²) in [6, 6.07) is 4.49. The van der Waals surface area contributed by atoms with E-state index in [2.05, 4.69) is 63.2 Å². The van der Waals surface area contributed by atoms with Gasteiger partial charge in [0.25, 0.3) is 0 Å². The van der Waals surface area contributed by atoms with Crippen molar-refractivity contribution >= 4 is 31.9 Å². The van der Waals surface area contributed by atoms with Crippen LogP contribution in [-0.4, -0.2) is 26.9 Å². The maximum Gasteiger partial charge on any atom is 0.147 e. The Labute approximate surface area is 132 Å². The first-order valence-electron chi connectivity index (χ1n) is 6.23. The van der Waals surface area contributed by atoms with Gasteiger partial charge < -0.3 is 14.8 Å². The summed E-state index contributed by atoms with van der Waals surface area (Å²) in [5.41, 5.74) is 1.20. The molecule has 108 valence electrons. The Kier molecular flexibility index (Phi) is 7.36. The van der Waals surface area contributed by atoms with Gasteiger partial charge in [0.05, 0.1) is 22.7 Å². The lowest BCUT2D eigenvalue weighted by molar-refractivity contribution is 0.146. The number of halogens is 2. The molecule has 1 aromatic carbocycles. The van der Waals surface area contributed by atoms with E-state index < -0.39 is 0 Å². The molecule has 0 heterocycles. The van der Waals surface area contributed by atoms with Crippen molar-refractivity contribution in [3.63, 3.8) is 0 Å². The van der Waals surface area contributed by atoms with Gasteiger partial charge in [-0.1, -0.05) is 13.8 Å². The van der Waals surface area contributed by atoms with Crippen molar-refractivity contribution in [1.82, 2.24) is 5.32 Å². The first-order chi connectivity index (χ1) is 8.99. The standard InChI is InChI=1S/C14H21Br2NO2/c1-9(2)13(8-18-3)17-7-10-5-11(15)14(19-4)12(16)6-10/h5-6,9,13,17H,7-8H2,1-4H3. The van der Waals surface area contributed by atoms with E-state index in [1.54, 1.807) is 14.2 Å². The molecule has 0 saturated carbocycles. The summed E-state index contributed by atoms with van der Waals surface area (Å²) in [6.07, 6.45) is 0. The topological polar surface area (TPSA) is 30.5 Å². The molecule has 0 amide bonds. The van der Waals surface area contributed by atoms with Crippen molar-refractivity contribution in [2.45, 2.75) is 26.4 Å². The molecule has 0 radical (unpaired) electrons. The smallest absolute Gasteiger partial charge is 0.147 e. The molecule has 0 saturated heterocycles. The van der Waals surface area contributed by atoms with Gasteiger partial charge in [-0.2, -0.15) is 0 Å². The lowest BCUT2D eigenvalue weighted by Crippen LogP contribution is -2.37. The van der Waals surface area contributed by atoms with Crippen molar-refractivity contribution < 1.29 is 9.47 Å². The first kappa shape index (κ1) is 17.0. The second-order valence-electron chi connectivity index (χ2n) is 4.78. The molecule has 19 heavy (non-hydrogen) atoms. The first-order valence-corrected chi connectivity index (χ1v) is 7.82. The highest BCUT2D eigenvalue weighted by atomic mass is 79.9. The molecule has 0 aromatic heterocycles. The van der Waals surface area contributed by atoms with E-state index in [9.17, 15) is 0 Å². The Morgan fingerprint density at radius 3 is 2.16 bits per heavy atom. The maximum absolute atomic E-state index is 5.30. The minimum atomic E-state index is 0.352. The zero-order valence-corrected chi connectivity index (χ0v) is 15.0. The van der Waals surface area contributed by atoms with Crippen molar-refractivity contribution in [3.8, 4) is 5.75 Å². The number of ether oxygens (including phenoxy) is 2. The summed E-state index contributed by atoms with van der Waals surface area (Å²) in [5, 5.41) is 3.52. The van der Waals surface area contributed by atoms with Gasteiger partial charge in [0, 0.05) is 19.7 Å². The molecule has 0 aliphatic carbocycles. The van der Waals surface area contributed by atoms with E-state index in [1.165, 1.54) is 5.56 Å². The third-order valence-corrected chi connectivity index (χ3v) is 4.16. The molecule has 0 aliphatic heterocycles. The summed E-state index contributed by atoms with van der Waals surface area (Å²) in [7, 11) is 3.40. The van der Waals surface area contributed by atoms with Crippen molar-refractivity contribution in [1.29, 1.82) is 0 Å². The van der Waals surface area contributed by atoms with Crippen LogP contribution in [-0.2, 0) is 11.3 Å². The summed E-state index contributed by atoms with van der Waals surface area (Å²) in [4.78, 5) is 0. The van der Waals surface area contributed by atoms with E-state index in [4.69, 9.17) is 9.47 Å². The highest BCUT2D eigenvalue weighted by Crippen LogP contribution is 2.34. The number of hydrogen-bond donors (Lipinski definition) is 1. The summed E-state index contributed by atoms with van der Waals surface area (Å²) in [6.45, 7) is 5.90. The van der Waals surface area contributed by atoms with Crippen LogP contribution in [0, 0.1) is 5.92 Å². The number of benzene rings is 1. The molecule has 1 aromatic rings. The molecule has 0 fully saturated rings. The van der Waals surface area contributed by atoms with E-state index in [0.29, 0.717) is 12.0 Å². The Balaban J connectivity index is 2.72. The Hall–Kier alpha value is -0.100. The van der Waals surface area contributed by atoms with Gasteiger partial charge in [-0.3, -0.25) is 0 Å². The van der Waals surface area contributed by atoms with Gasteiger partial charge in [0.1, 0.15) is 5.75 Å². The van der Waals surface area contributed by atoms with Crippen LogP contribution in [0.15, 0.2) is 21.1 Å². The molecule has 0 spiro atoms. The third kappa shape index (κ3) is 5.06. The van der Waals surface area contributed by atoms with Crippen molar-refractivity contribution in [2.24, 2.45) is 5.92 Å². The Bertz CT molecular complexity index is 387. The molecule has 1 rings (SSSR count). The number of nitrogens with one attached hydrogen (secondary N) is 1. The van der Waals surface area contributed by atoms with E-state index in [-0.39, 0.29) is 0 Å². The lowest BCUT2D eigenvalue weighted by atomic mass is 10.0. The van der Waals surface area contributed by atoms with Gasteiger partial charge in [-0.25, -0.2) is 0 Å². The average Bonchev–Trinajstić information content (AvgIpc) is 2.33. The zero-order valence-electron chi connectivity index (χ0n) is 11.8. The van der Waals surface area contributed by atoms with Crippen LogP contribution in [0.1, 0.15) is 19.4 Å². The Morgan fingerprint density at radius 1 is 1.16 bits per heavy atom. The van der Waals surface area contributed by atoms with Crippen LogP contribution < -0.4 is 10.1 Å². The summed E-state index contributed by atoms with van der Waals surface area (Å²) < 4.78 is 12.4. The number of hydrogen-bond acceptors (Lipinski definition) is 3. The highest BCUT2D eigenvalue weighted by Gasteiger charge is 2.13. The molecular weight excluding hydrogens is 374 g/mol. The van der Waals surface area contributed by atoms with E-state index >= 15 is 0 Å². The molecule has 5 heteroatoms. The van der Waals surface area contributed by atoms with Crippen LogP contribution >= 0.6 is 31.9 Å². The maximum atomic E-state index is 5.30. The predicted octanol–water partition coefficient (Wildman–Crippen LogP) is 3.98. The minimum absolute atomic E-state index is 0.352. The third-order valence-electron chi connectivity index (χ3n) is 2.98. The molecule has 1 atom stereocenters. The average molecular weight is 395 g/mol. The molecular formula is C14H21Br2NO2. The van der Waals surface area contributed by atoms with Crippen LogP contribution in [0.5, 0.6) is 5.75 Å². The van der Waals surface area contributed by atoms with Gasteiger partial charge >= 0.3 is 0 Å². The van der Waals surface area contributed by atoms with E-state index in [0.717, 1.165) is 27.8 Å². The SMILES string of the molecule is COCC(NCc1cc(Br)c(OC)c(Br)c1)C(C)C. The normalized spacial score (nSPS) is 12.8. The molecule has 0 bridgehead atoms. The number of rotatable bonds is 7. The second kappa shape index (κ2) is 8.25. The number of methoxy groups -OCH3 is 2. The molecule has 1 N–H and O–H groups in total. The van der Waals surface area contributed by atoms with E-state index in [1.807, 2.05) is 0 Å². The van der Waals surface area contributed by atoms with Gasteiger partial charge in [0.2, 0.25) is 0 Å². The molecule has 1 unspecified atom stereocenters. The van der Waals surface area contributed by atoms with Crippen LogP contribution in [0.2, 0.25) is 0 Å². The molecule has 0 aliphatic rings. The monoisotopic (exact) mass is 393 g/mol. The van der Waals surface area contributed by atoms with Gasteiger partial charge in [-0.05, 0) is 55.5 Å². The van der Waals surface area contributed by atoms with Gasteiger partial charge in [0.15, 0.2) is 0 Å². The van der Waals surface area contributed by atoms with Crippen LogP contribution in [0.4, 0.5) is 0 Å². The van der Waals surface area contributed by atoms with Gasteiger partial charge in [-0.15, -0.1) is 0 Å². The quantitative estimate of drug-likeness (QED) is 0.758. The predicted molar refractivity (Wildman–Crippen MR) is 85.7 cm³/mol. The van der Waals surface area contributed by atoms with Crippen LogP contribution in [0.3, 0.4) is 0 Å². The minimum Gasteiger partial charge on any atom is -0.494 e. The van der Waals surface area contributed by atoms with Crippen LogP contribution in [0.25, 0.3) is 0 Å². The Morgan fingerprint density at radius 2 is 1.74 bits per heavy atom. The fourth-order valence-electron chi connectivity index (χ4n) is 1.83. The van der Waals surface area contributed by atoms with Crippen molar-refractivity contribution in [3.05, 3.63) is 26.6 Å². The summed E-state index contributed by atoms with van der Waals surface area (Å²) >= 11 is 7.03.